The number of nitrogens with one attached hydrogen (secondary N) is 1. The highest BCUT2D eigenvalue weighted by Gasteiger charge is 2.19. The molecule has 0 fully saturated rings. The molecule has 0 saturated carbocycles. The summed E-state index contributed by atoms with van der Waals surface area (Å²) in [7, 11) is -4.14. The highest BCUT2D eigenvalue weighted by Crippen LogP contribution is 2.28. The summed E-state index contributed by atoms with van der Waals surface area (Å²) in [5.41, 5.74) is 2.22. The van der Waals surface area contributed by atoms with Gasteiger partial charge in [-0.2, -0.15) is 13.7 Å². The van der Waals surface area contributed by atoms with Gasteiger partial charge >= 0.3 is 10.1 Å². The first kappa shape index (κ1) is 23.1. The molecule has 1 N–H and O–H groups in total. The monoisotopic (exact) mass is 466 g/mol. The highest BCUT2D eigenvalue weighted by molar-refractivity contribution is 7.87. The van der Waals surface area contributed by atoms with E-state index in [1.165, 1.54) is 36.4 Å². The van der Waals surface area contributed by atoms with Crippen molar-refractivity contribution < 1.29 is 17.4 Å². The highest BCUT2D eigenvalue weighted by atomic mass is 35.5. The molecule has 0 unspecified atom stereocenters. The zero-order chi connectivity index (χ0) is 23.3. The summed E-state index contributed by atoms with van der Waals surface area (Å²) in [4.78, 5) is 12.6. The predicted molar refractivity (Wildman–Crippen MR) is 124 cm³/mol. The van der Waals surface area contributed by atoms with Crippen LogP contribution >= 0.6 is 11.6 Å². The van der Waals surface area contributed by atoms with Crippen molar-refractivity contribution in [2.75, 3.05) is 5.32 Å². The molecule has 0 atom stereocenters. The molecule has 0 spiro atoms. The van der Waals surface area contributed by atoms with Crippen molar-refractivity contribution in [2.45, 2.75) is 18.7 Å². The fourth-order valence-electron chi connectivity index (χ4n) is 2.79. The number of carbonyl (C=O) groups is 1. The Morgan fingerprint density at radius 3 is 2.41 bits per heavy atom. The molecule has 3 rings (SSSR count). The molecule has 0 aliphatic carbocycles. The van der Waals surface area contributed by atoms with Gasteiger partial charge in [0, 0.05) is 16.3 Å². The van der Waals surface area contributed by atoms with Crippen LogP contribution in [0.2, 0.25) is 5.02 Å². The molecule has 1 amide bonds. The average Bonchev–Trinajstić information content (AvgIpc) is 2.75. The maximum Gasteiger partial charge on any atom is 0.339 e. The lowest BCUT2D eigenvalue weighted by Crippen LogP contribution is -2.14. The molecule has 162 valence electrons. The van der Waals surface area contributed by atoms with Gasteiger partial charge in [0.15, 0.2) is 0 Å². The van der Waals surface area contributed by atoms with Gasteiger partial charge in [-0.25, -0.2) is 0 Å². The van der Waals surface area contributed by atoms with Crippen LogP contribution in [0.4, 0.5) is 5.69 Å². The Balaban J connectivity index is 1.95. The molecule has 32 heavy (non-hydrogen) atoms. The van der Waals surface area contributed by atoms with E-state index in [1.54, 1.807) is 24.3 Å². The Bertz CT molecular complexity index is 1340. The summed E-state index contributed by atoms with van der Waals surface area (Å²) in [5, 5.41) is 12.5. The molecule has 3 aromatic rings. The Morgan fingerprint density at radius 1 is 1.06 bits per heavy atom. The van der Waals surface area contributed by atoms with Crippen LogP contribution in [0.25, 0.3) is 6.08 Å². The number of rotatable bonds is 6. The maximum absolute atomic E-state index is 12.7. The molecular formula is C24H19ClN2O4S. The first-order valence-electron chi connectivity index (χ1n) is 9.49. The van der Waals surface area contributed by atoms with Crippen molar-refractivity contribution in [1.29, 1.82) is 5.26 Å². The summed E-state index contributed by atoms with van der Waals surface area (Å²) in [6.45, 7) is 3.66. The molecule has 8 heteroatoms. The van der Waals surface area contributed by atoms with E-state index in [2.05, 4.69) is 5.32 Å². The normalized spacial score (nSPS) is 11.5. The fourth-order valence-corrected chi connectivity index (χ4v) is 3.92. The fraction of sp³-hybridized carbons (Fsp3) is 0.0833. The molecule has 0 aliphatic heterocycles. The Kier molecular flexibility index (Phi) is 6.98. The number of aryl methyl sites for hydroxylation is 2. The summed E-state index contributed by atoms with van der Waals surface area (Å²) in [5.74, 6) is -0.708. The first-order valence-corrected chi connectivity index (χ1v) is 11.3. The summed E-state index contributed by atoms with van der Waals surface area (Å²) < 4.78 is 30.7. The smallest absolute Gasteiger partial charge is 0.339 e. The van der Waals surface area contributed by atoms with Crippen LogP contribution < -0.4 is 9.50 Å². The maximum atomic E-state index is 12.7. The molecule has 0 radical (unpaired) electrons. The molecule has 0 bridgehead atoms. The minimum Gasteiger partial charge on any atom is -0.378 e. The number of para-hydroxylation sites is 1. The lowest BCUT2D eigenvalue weighted by atomic mass is 10.1. The van der Waals surface area contributed by atoms with Gasteiger partial charge in [-0.1, -0.05) is 47.5 Å². The van der Waals surface area contributed by atoms with Gasteiger partial charge in [0.2, 0.25) is 0 Å². The minimum atomic E-state index is -4.14. The van der Waals surface area contributed by atoms with Gasteiger partial charge in [0.1, 0.15) is 22.3 Å². The third kappa shape index (κ3) is 5.55. The van der Waals surface area contributed by atoms with Gasteiger partial charge in [-0.3, -0.25) is 4.79 Å². The van der Waals surface area contributed by atoms with E-state index in [0.29, 0.717) is 5.69 Å². The zero-order valence-electron chi connectivity index (χ0n) is 17.3. The molecule has 0 heterocycles. The van der Waals surface area contributed by atoms with Gasteiger partial charge in [0.25, 0.3) is 5.91 Å². The number of carbonyl (C=O) groups excluding carboxylic acids is 1. The van der Waals surface area contributed by atoms with E-state index in [1.807, 2.05) is 32.0 Å². The summed E-state index contributed by atoms with van der Waals surface area (Å²) in [6, 6.07) is 19.4. The largest absolute Gasteiger partial charge is 0.378 e. The number of hydrogen-bond acceptors (Lipinski definition) is 5. The number of hydrogen-bond donors (Lipinski definition) is 1. The van der Waals surface area contributed by atoms with Gasteiger partial charge in [-0.05, 0) is 61.9 Å². The summed E-state index contributed by atoms with van der Waals surface area (Å²) in [6.07, 6.45) is 1.24. The second-order valence-electron chi connectivity index (χ2n) is 6.97. The number of amides is 1. The van der Waals surface area contributed by atoms with Crippen molar-refractivity contribution in [3.05, 3.63) is 94.0 Å². The zero-order valence-corrected chi connectivity index (χ0v) is 18.9. The number of anilines is 1. The van der Waals surface area contributed by atoms with Gasteiger partial charge in [0.05, 0.1) is 0 Å². The van der Waals surface area contributed by atoms with Gasteiger partial charge in [-0.15, -0.1) is 0 Å². The van der Waals surface area contributed by atoms with Crippen LogP contribution in [-0.2, 0) is 14.9 Å². The lowest BCUT2D eigenvalue weighted by molar-refractivity contribution is -0.112. The van der Waals surface area contributed by atoms with E-state index in [4.69, 9.17) is 15.8 Å². The number of nitriles is 1. The summed E-state index contributed by atoms with van der Waals surface area (Å²) >= 11 is 6.06. The predicted octanol–water partition coefficient (Wildman–Crippen LogP) is 5.27. The van der Waals surface area contributed by atoms with Crippen molar-refractivity contribution in [2.24, 2.45) is 0 Å². The van der Waals surface area contributed by atoms with E-state index in [-0.39, 0.29) is 26.8 Å². The first-order chi connectivity index (χ1) is 15.2. The Hall–Kier alpha value is -3.60. The Labute approximate surface area is 191 Å². The van der Waals surface area contributed by atoms with Crippen molar-refractivity contribution >= 4 is 39.4 Å². The SMILES string of the molecule is Cc1ccc(S(=O)(=O)Oc2ccc(Cl)cc2/C=C(\C#N)C(=O)Nc2ccccc2C)cc1. The van der Waals surface area contributed by atoms with Crippen molar-refractivity contribution in [3.63, 3.8) is 0 Å². The number of halogens is 1. The molecule has 0 aromatic heterocycles. The van der Waals surface area contributed by atoms with Crippen LogP contribution in [0.1, 0.15) is 16.7 Å². The second kappa shape index (κ2) is 9.69. The van der Waals surface area contributed by atoms with E-state index in [9.17, 15) is 18.5 Å². The van der Waals surface area contributed by atoms with E-state index < -0.39 is 16.0 Å². The molecule has 0 aliphatic rings. The number of benzene rings is 3. The van der Waals surface area contributed by atoms with E-state index in [0.717, 1.165) is 11.1 Å². The van der Waals surface area contributed by atoms with Crippen LogP contribution in [-0.4, -0.2) is 14.3 Å². The van der Waals surface area contributed by atoms with Gasteiger partial charge < -0.3 is 9.50 Å². The van der Waals surface area contributed by atoms with E-state index >= 15 is 0 Å². The molecule has 3 aromatic carbocycles. The Morgan fingerprint density at radius 2 is 1.75 bits per heavy atom. The third-order valence-electron chi connectivity index (χ3n) is 4.54. The quantitative estimate of drug-likeness (QED) is 0.303. The second-order valence-corrected chi connectivity index (χ2v) is 8.95. The molecule has 0 saturated heterocycles. The van der Waals surface area contributed by atoms with Crippen molar-refractivity contribution in [1.82, 2.24) is 0 Å². The topological polar surface area (TPSA) is 96.3 Å². The standard InChI is InChI=1S/C24H19ClN2O4S/c1-16-7-10-21(11-8-16)32(29,30)31-23-12-9-20(25)14-18(23)13-19(15-26)24(28)27-22-6-4-3-5-17(22)2/h3-14H,1-2H3,(H,27,28)/b19-13+. The third-order valence-corrected chi connectivity index (χ3v) is 6.02. The van der Waals surface area contributed by atoms with Crippen LogP contribution in [0.15, 0.2) is 77.2 Å². The van der Waals surface area contributed by atoms with Crippen LogP contribution in [0.3, 0.4) is 0 Å². The van der Waals surface area contributed by atoms with Crippen LogP contribution in [0.5, 0.6) is 5.75 Å². The number of nitrogens with zero attached hydrogens (tertiary/aromatic N) is 1. The van der Waals surface area contributed by atoms with Crippen molar-refractivity contribution in [3.8, 4) is 11.8 Å². The average molecular weight is 467 g/mol. The lowest BCUT2D eigenvalue weighted by Gasteiger charge is -2.11. The van der Waals surface area contributed by atoms with Crippen LogP contribution in [0, 0.1) is 25.2 Å². The molecule has 6 nitrogen and oxygen atoms in total. The minimum absolute atomic E-state index is 0.0224. The molecular weight excluding hydrogens is 448 g/mol.